The summed E-state index contributed by atoms with van der Waals surface area (Å²) in [6.07, 6.45) is 0. The van der Waals surface area contributed by atoms with Crippen molar-refractivity contribution in [1.82, 2.24) is 0 Å². The number of rotatable bonds is 3. The van der Waals surface area contributed by atoms with Crippen molar-refractivity contribution < 1.29 is 0 Å². The Hall–Kier alpha value is -1.39. The number of nitriles is 1. The summed E-state index contributed by atoms with van der Waals surface area (Å²) >= 11 is 6.66. The second kappa shape index (κ2) is 5.63. The van der Waals surface area contributed by atoms with Crippen LogP contribution in [0.1, 0.15) is 0 Å². The first-order valence-corrected chi connectivity index (χ1v) is 5.66. The fraction of sp³-hybridized carbons (Fsp3) is 0. The van der Waals surface area contributed by atoms with Gasteiger partial charge in [0.1, 0.15) is 6.07 Å². The van der Waals surface area contributed by atoms with Gasteiger partial charge in [-0.15, -0.1) is 0 Å². The summed E-state index contributed by atoms with van der Waals surface area (Å²) in [5.41, 5.74) is 8.31. The Morgan fingerprint density at radius 3 is 2.62 bits per heavy atom. The number of hydrogen-bond donors (Lipinski definition) is 3. The number of benzene rings is 1. The monoisotopic (exact) mass is 343 g/mol. The van der Waals surface area contributed by atoms with E-state index in [1.54, 1.807) is 18.2 Å². The molecule has 0 saturated heterocycles. The van der Waals surface area contributed by atoms with E-state index in [4.69, 9.17) is 16.4 Å². The summed E-state index contributed by atoms with van der Waals surface area (Å²) in [5.74, 6) is -0.369. The summed E-state index contributed by atoms with van der Waals surface area (Å²) in [6, 6.07) is 7.09. The van der Waals surface area contributed by atoms with Crippen molar-refractivity contribution in [3.8, 4) is 6.07 Å². The zero-order valence-electron chi connectivity index (χ0n) is 7.96. The first-order chi connectivity index (χ1) is 7.54. The Morgan fingerprint density at radius 2 is 2.12 bits per heavy atom. The molecule has 0 radical (unpaired) electrons. The minimum atomic E-state index is -0.369. The lowest BCUT2D eigenvalue weighted by molar-refractivity contribution is 1.33. The van der Waals surface area contributed by atoms with Crippen molar-refractivity contribution in [2.45, 2.75) is 0 Å². The first kappa shape index (κ1) is 12.7. The maximum Gasteiger partial charge on any atom is 0.201 e. The number of nitrogens with two attached hydrogens (primary N) is 1. The van der Waals surface area contributed by atoms with Gasteiger partial charge in [0.2, 0.25) is 5.71 Å². The van der Waals surface area contributed by atoms with Crippen LogP contribution >= 0.6 is 31.9 Å². The molecule has 1 aromatic carbocycles. The highest BCUT2D eigenvalue weighted by atomic mass is 79.9. The number of hydrogen-bond acceptors (Lipinski definition) is 4. The number of halogens is 2. The first-order valence-electron chi connectivity index (χ1n) is 4.08. The lowest BCUT2D eigenvalue weighted by Crippen LogP contribution is -2.21. The molecule has 0 aromatic heterocycles. The molecule has 4 N–H and O–H groups in total. The quantitative estimate of drug-likeness (QED) is 0.446. The van der Waals surface area contributed by atoms with Gasteiger partial charge in [0.05, 0.1) is 5.69 Å². The molecule has 7 heteroatoms. The van der Waals surface area contributed by atoms with E-state index in [0.29, 0.717) is 5.69 Å². The average Bonchev–Trinajstić information content (AvgIpc) is 2.23. The molecule has 0 spiro atoms. The summed E-state index contributed by atoms with van der Waals surface area (Å²) in [4.78, 5) is 0. The van der Waals surface area contributed by atoms with Gasteiger partial charge in [-0.25, -0.2) is 0 Å². The van der Waals surface area contributed by atoms with Crippen molar-refractivity contribution >= 4 is 49.1 Å². The molecular formula is C9H7Br2N5. The van der Waals surface area contributed by atoms with Crippen LogP contribution in [0.3, 0.4) is 0 Å². The minimum Gasteiger partial charge on any atom is -0.382 e. The van der Waals surface area contributed by atoms with Crippen LogP contribution in [-0.2, 0) is 0 Å². The van der Waals surface area contributed by atoms with Crippen LogP contribution in [-0.4, -0.2) is 11.5 Å². The van der Waals surface area contributed by atoms with Crippen molar-refractivity contribution in [1.29, 1.82) is 10.7 Å². The van der Waals surface area contributed by atoms with E-state index < -0.39 is 0 Å². The van der Waals surface area contributed by atoms with Gasteiger partial charge >= 0.3 is 0 Å². The predicted molar refractivity (Wildman–Crippen MR) is 70.4 cm³/mol. The van der Waals surface area contributed by atoms with Gasteiger partial charge in [-0.1, -0.05) is 0 Å². The van der Waals surface area contributed by atoms with Gasteiger partial charge in [0, 0.05) is 8.95 Å². The smallest absolute Gasteiger partial charge is 0.201 e. The molecule has 0 aliphatic carbocycles. The predicted octanol–water partition coefficient (Wildman–Crippen LogP) is 2.44. The third-order valence-electron chi connectivity index (χ3n) is 1.58. The number of nitrogens with one attached hydrogen (secondary N) is 2. The SMILES string of the molecule is N#C/C(=N\Nc1ccc(Br)c(Br)c1)C(=N)N. The zero-order chi connectivity index (χ0) is 12.1. The molecule has 0 saturated carbocycles. The van der Waals surface area contributed by atoms with Crippen molar-refractivity contribution in [2.24, 2.45) is 10.8 Å². The lowest BCUT2D eigenvalue weighted by atomic mass is 10.3. The number of hydrazone groups is 1. The molecule has 0 atom stereocenters. The van der Waals surface area contributed by atoms with Crippen molar-refractivity contribution in [3.05, 3.63) is 27.1 Å². The van der Waals surface area contributed by atoms with E-state index in [0.717, 1.165) is 8.95 Å². The Morgan fingerprint density at radius 1 is 1.44 bits per heavy atom. The standard InChI is InChI=1S/C9H7Br2N5/c10-6-2-1-5(3-7(6)11)15-16-8(4-12)9(13)14/h1-3,15H,(H3,13,14)/b16-8+. The average molecular weight is 345 g/mol. The van der Waals surface area contributed by atoms with E-state index in [-0.39, 0.29) is 11.5 Å². The van der Waals surface area contributed by atoms with E-state index in [1.807, 2.05) is 6.07 Å². The van der Waals surface area contributed by atoms with Gasteiger partial charge in [-0.3, -0.25) is 10.8 Å². The molecule has 0 aliphatic rings. The summed E-state index contributed by atoms with van der Waals surface area (Å²) < 4.78 is 1.77. The van der Waals surface area contributed by atoms with Crippen LogP contribution in [0.5, 0.6) is 0 Å². The van der Waals surface area contributed by atoms with E-state index in [2.05, 4.69) is 42.4 Å². The van der Waals surface area contributed by atoms with Crippen LogP contribution in [0.2, 0.25) is 0 Å². The van der Waals surface area contributed by atoms with Crippen LogP contribution < -0.4 is 11.2 Å². The van der Waals surface area contributed by atoms with Crippen LogP contribution in [0.25, 0.3) is 0 Å². The van der Waals surface area contributed by atoms with Gasteiger partial charge in [-0.2, -0.15) is 10.4 Å². The minimum absolute atomic E-state index is 0.154. The molecule has 0 bridgehead atoms. The van der Waals surface area contributed by atoms with Crippen LogP contribution in [0.4, 0.5) is 5.69 Å². The molecule has 0 fully saturated rings. The molecule has 0 amide bonds. The Labute approximate surface area is 109 Å². The number of amidine groups is 1. The molecule has 5 nitrogen and oxygen atoms in total. The maximum absolute atomic E-state index is 8.61. The second-order valence-corrected chi connectivity index (χ2v) is 4.44. The number of anilines is 1. The molecule has 0 aliphatic heterocycles. The Balaban J connectivity index is 2.86. The van der Waals surface area contributed by atoms with Crippen LogP contribution in [0.15, 0.2) is 32.2 Å². The molecule has 16 heavy (non-hydrogen) atoms. The topological polar surface area (TPSA) is 98.0 Å². The number of nitrogens with zero attached hydrogens (tertiary/aromatic N) is 2. The van der Waals surface area contributed by atoms with E-state index in [9.17, 15) is 0 Å². The Bertz CT molecular complexity index is 489. The highest BCUT2D eigenvalue weighted by Gasteiger charge is 2.01. The lowest BCUT2D eigenvalue weighted by Gasteiger charge is -2.02. The molecule has 0 unspecified atom stereocenters. The highest BCUT2D eigenvalue weighted by Crippen LogP contribution is 2.25. The summed E-state index contributed by atoms with van der Waals surface area (Å²) in [5, 5.41) is 19.4. The third-order valence-corrected chi connectivity index (χ3v) is 3.46. The van der Waals surface area contributed by atoms with Gasteiger partial charge in [0.15, 0.2) is 5.84 Å². The highest BCUT2D eigenvalue weighted by molar-refractivity contribution is 9.13. The van der Waals surface area contributed by atoms with Crippen molar-refractivity contribution in [3.63, 3.8) is 0 Å². The second-order valence-electron chi connectivity index (χ2n) is 2.73. The van der Waals surface area contributed by atoms with E-state index >= 15 is 0 Å². The van der Waals surface area contributed by atoms with Gasteiger partial charge in [0.25, 0.3) is 0 Å². The van der Waals surface area contributed by atoms with Gasteiger partial charge < -0.3 is 5.73 Å². The Kier molecular flexibility index (Phi) is 4.46. The van der Waals surface area contributed by atoms with Crippen LogP contribution in [0, 0.1) is 16.7 Å². The zero-order valence-corrected chi connectivity index (χ0v) is 11.1. The summed E-state index contributed by atoms with van der Waals surface area (Å²) in [7, 11) is 0. The third kappa shape index (κ3) is 3.32. The maximum atomic E-state index is 8.61. The molecule has 0 heterocycles. The normalized spacial score (nSPS) is 10.7. The summed E-state index contributed by atoms with van der Waals surface area (Å²) in [6.45, 7) is 0. The van der Waals surface area contributed by atoms with Gasteiger partial charge in [-0.05, 0) is 50.1 Å². The largest absolute Gasteiger partial charge is 0.382 e. The molecular weight excluding hydrogens is 338 g/mol. The molecule has 1 aromatic rings. The fourth-order valence-electron chi connectivity index (χ4n) is 0.832. The molecule has 1 rings (SSSR count). The molecule has 82 valence electrons. The van der Waals surface area contributed by atoms with E-state index in [1.165, 1.54) is 0 Å². The fourth-order valence-corrected chi connectivity index (χ4v) is 1.46. The van der Waals surface area contributed by atoms with Crippen molar-refractivity contribution in [2.75, 3.05) is 5.43 Å².